The molecule has 0 saturated carbocycles. The second-order valence-corrected chi connectivity index (χ2v) is 7.77. The summed E-state index contributed by atoms with van der Waals surface area (Å²) in [4.78, 5) is 19.4. The van der Waals surface area contributed by atoms with E-state index in [1.165, 1.54) is 11.3 Å². The number of morpholine rings is 1. The maximum Gasteiger partial charge on any atom is 0.272 e. The Morgan fingerprint density at radius 2 is 2.08 bits per heavy atom. The molecule has 1 aliphatic heterocycles. The largest absolute Gasteiger partial charge is 0.379 e. The molecule has 1 amide bonds. The highest BCUT2D eigenvalue weighted by Gasteiger charge is 2.19. The van der Waals surface area contributed by atoms with Gasteiger partial charge in [-0.25, -0.2) is 9.99 Å². The third-order valence-electron chi connectivity index (χ3n) is 3.72. The number of carbonyl (C=O) groups is 1. The summed E-state index contributed by atoms with van der Waals surface area (Å²) >= 11 is 4.85. The monoisotopic (exact) mass is 410 g/mol. The van der Waals surface area contributed by atoms with Crippen molar-refractivity contribution in [3.8, 4) is 0 Å². The lowest BCUT2D eigenvalue weighted by molar-refractivity contribution is 0.0338. The van der Waals surface area contributed by atoms with Crippen molar-refractivity contribution in [2.24, 2.45) is 0 Å². The molecular weight excluding hydrogens is 392 g/mol. The van der Waals surface area contributed by atoms with E-state index in [9.17, 15) is 4.79 Å². The fourth-order valence-corrected chi connectivity index (χ4v) is 3.55. The predicted molar refractivity (Wildman–Crippen MR) is 98.2 cm³/mol. The summed E-state index contributed by atoms with van der Waals surface area (Å²) in [6.45, 7) is 4.66. The summed E-state index contributed by atoms with van der Waals surface area (Å²) in [5.74, 6) is -0.0600. The summed E-state index contributed by atoms with van der Waals surface area (Å²) in [7, 11) is 0. The minimum absolute atomic E-state index is 0.0600. The van der Waals surface area contributed by atoms with Gasteiger partial charge in [0.15, 0.2) is 0 Å². The van der Waals surface area contributed by atoms with Crippen LogP contribution in [0.3, 0.4) is 0 Å². The standard InChI is InChI=1S/C16H19BrN4O2S/c17-14-12-18-16(24-14)19-21(7-6-20-8-10-23-11-9-20)15(22)13-4-2-1-3-5-13/h1-5,12H,6-11H2,(H,18,19). The van der Waals surface area contributed by atoms with Crippen molar-refractivity contribution in [2.75, 3.05) is 44.8 Å². The molecule has 0 spiro atoms. The molecule has 24 heavy (non-hydrogen) atoms. The number of benzene rings is 1. The van der Waals surface area contributed by atoms with E-state index in [2.05, 4.69) is 31.2 Å². The smallest absolute Gasteiger partial charge is 0.272 e. The van der Waals surface area contributed by atoms with Crippen molar-refractivity contribution in [3.05, 3.63) is 45.9 Å². The first-order valence-electron chi connectivity index (χ1n) is 7.77. The lowest BCUT2D eigenvalue weighted by Crippen LogP contribution is -2.45. The Hall–Kier alpha value is -1.48. The highest BCUT2D eigenvalue weighted by molar-refractivity contribution is 9.11. The number of nitrogens with zero attached hydrogens (tertiary/aromatic N) is 3. The normalized spacial score (nSPS) is 15.2. The average Bonchev–Trinajstić information content (AvgIpc) is 3.04. The summed E-state index contributed by atoms with van der Waals surface area (Å²) < 4.78 is 6.29. The minimum Gasteiger partial charge on any atom is -0.379 e. The van der Waals surface area contributed by atoms with Crippen LogP contribution < -0.4 is 5.43 Å². The van der Waals surface area contributed by atoms with E-state index in [1.54, 1.807) is 11.2 Å². The number of amides is 1. The first kappa shape index (κ1) is 17.3. The van der Waals surface area contributed by atoms with Gasteiger partial charge in [-0.3, -0.25) is 15.1 Å². The topological polar surface area (TPSA) is 57.7 Å². The molecule has 8 heteroatoms. The van der Waals surface area contributed by atoms with Crippen LogP contribution >= 0.6 is 27.3 Å². The summed E-state index contributed by atoms with van der Waals surface area (Å²) in [5, 5.41) is 2.32. The average molecular weight is 411 g/mol. The van der Waals surface area contributed by atoms with Crippen LogP contribution in [-0.4, -0.2) is 60.2 Å². The maximum absolute atomic E-state index is 12.8. The van der Waals surface area contributed by atoms with Gasteiger partial charge in [-0.1, -0.05) is 29.5 Å². The van der Waals surface area contributed by atoms with Crippen molar-refractivity contribution in [2.45, 2.75) is 0 Å². The van der Waals surface area contributed by atoms with E-state index in [4.69, 9.17) is 4.74 Å². The van der Waals surface area contributed by atoms with Gasteiger partial charge in [0.2, 0.25) is 5.13 Å². The maximum atomic E-state index is 12.8. The fourth-order valence-electron chi connectivity index (χ4n) is 2.43. The van der Waals surface area contributed by atoms with Crippen molar-refractivity contribution in [1.82, 2.24) is 14.9 Å². The summed E-state index contributed by atoms with van der Waals surface area (Å²) in [6.07, 6.45) is 1.72. The van der Waals surface area contributed by atoms with Gasteiger partial charge in [0.1, 0.15) is 0 Å². The van der Waals surface area contributed by atoms with Gasteiger partial charge in [0.05, 0.1) is 29.7 Å². The highest BCUT2D eigenvalue weighted by Crippen LogP contribution is 2.24. The van der Waals surface area contributed by atoms with E-state index in [-0.39, 0.29) is 5.91 Å². The molecule has 2 aromatic rings. The SMILES string of the molecule is O=C(c1ccccc1)N(CCN1CCOCC1)Nc1ncc(Br)s1. The van der Waals surface area contributed by atoms with Gasteiger partial charge < -0.3 is 4.74 Å². The summed E-state index contributed by atoms with van der Waals surface area (Å²) in [5.41, 5.74) is 3.80. The molecule has 1 saturated heterocycles. The lowest BCUT2D eigenvalue weighted by atomic mass is 10.2. The fraction of sp³-hybridized carbons (Fsp3) is 0.375. The molecule has 1 aliphatic rings. The number of hydrogen-bond donors (Lipinski definition) is 1. The number of carbonyl (C=O) groups excluding carboxylic acids is 1. The first-order chi connectivity index (χ1) is 11.7. The van der Waals surface area contributed by atoms with Crippen LogP contribution in [0.25, 0.3) is 0 Å². The number of aromatic nitrogens is 1. The van der Waals surface area contributed by atoms with Crippen LogP contribution in [0.1, 0.15) is 10.4 Å². The Kier molecular flexibility index (Phi) is 6.19. The molecule has 0 atom stereocenters. The third-order valence-corrected chi connectivity index (χ3v) is 5.10. The number of rotatable bonds is 6. The summed E-state index contributed by atoms with van der Waals surface area (Å²) in [6, 6.07) is 9.29. The molecule has 1 aromatic heterocycles. The Labute approximate surface area is 153 Å². The Balaban J connectivity index is 1.68. The molecule has 3 rings (SSSR count). The molecule has 1 N–H and O–H groups in total. The van der Waals surface area contributed by atoms with Crippen LogP contribution in [-0.2, 0) is 4.74 Å². The highest BCUT2D eigenvalue weighted by atomic mass is 79.9. The zero-order valence-corrected chi connectivity index (χ0v) is 15.6. The molecule has 1 aromatic carbocycles. The molecule has 6 nitrogen and oxygen atoms in total. The second-order valence-electron chi connectivity index (χ2n) is 5.36. The van der Waals surface area contributed by atoms with Gasteiger partial charge in [0, 0.05) is 25.2 Å². The van der Waals surface area contributed by atoms with Crippen LogP contribution in [0.5, 0.6) is 0 Å². The van der Waals surface area contributed by atoms with Crippen LogP contribution in [0, 0.1) is 0 Å². The Morgan fingerprint density at radius 3 is 2.75 bits per heavy atom. The van der Waals surface area contributed by atoms with Crippen molar-refractivity contribution >= 4 is 38.3 Å². The Morgan fingerprint density at radius 1 is 1.33 bits per heavy atom. The lowest BCUT2D eigenvalue weighted by Gasteiger charge is -2.30. The van der Waals surface area contributed by atoms with Crippen LogP contribution in [0.2, 0.25) is 0 Å². The van der Waals surface area contributed by atoms with Gasteiger partial charge in [-0.15, -0.1) is 0 Å². The molecule has 128 valence electrons. The van der Waals surface area contributed by atoms with Crippen molar-refractivity contribution in [1.29, 1.82) is 0 Å². The third kappa shape index (κ3) is 4.76. The quantitative estimate of drug-likeness (QED) is 0.741. The molecule has 0 radical (unpaired) electrons. The number of hydrogen-bond acceptors (Lipinski definition) is 6. The first-order valence-corrected chi connectivity index (χ1v) is 9.38. The number of anilines is 1. The predicted octanol–water partition coefficient (Wildman–Crippen LogP) is 2.71. The van der Waals surface area contributed by atoms with Gasteiger partial charge in [-0.2, -0.15) is 0 Å². The number of hydrazine groups is 1. The molecule has 0 unspecified atom stereocenters. The van der Waals surface area contributed by atoms with E-state index in [0.29, 0.717) is 17.2 Å². The van der Waals surface area contributed by atoms with Gasteiger partial charge in [-0.05, 0) is 28.1 Å². The van der Waals surface area contributed by atoms with Gasteiger partial charge in [0.25, 0.3) is 5.91 Å². The molecule has 0 bridgehead atoms. The zero-order chi connectivity index (χ0) is 16.8. The number of ether oxygens (including phenoxy) is 1. The zero-order valence-electron chi connectivity index (χ0n) is 13.2. The molecule has 1 fully saturated rings. The number of nitrogens with one attached hydrogen (secondary N) is 1. The van der Waals surface area contributed by atoms with Crippen LogP contribution in [0.4, 0.5) is 5.13 Å². The van der Waals surface area contributed by atoms with E-state index in [0.717, 1.165) is 36.6 Å². The second kappa shape index (κ2) is 8.57. The minimum atomic E-state index is -0.0600. The number of thiazole rings is 1. The number of halogens is 1. The van der Waals surface area contributed by atoms with E-state index in [1.807, 2.05) is 30.3 Å². The van der Waals surface area contributed by atoms with Gasteiger partial charge >= 0.3 is 0 Å². The molecular formula is C16H19BrN4O2S. The van der Waals surface area contributed by atoms with E-state index >= 15 is 0 Å². The molecule has 0 aliphatic carbocycles. The van der Waals surface area contributed by atoms with E-state index < -0.39 is 0 Å². The van der Waals surface area contributed by atoms with Crippen molar-refractivity contribution in [3.63, 3.8) is 0 Å². The van der Waals surface area contributed by atoms with Crippen LogP contribution in [0.15, 0.2) is 40.3 Å². The Bertz CT molecular complexity index is 661. The van der Waals surface area contributed by atoms with Crippen molar-refractivity contribution < 1.29 is 9.53 Å². The molecule has 2 heterocycles.